The minimum atomic E-state index is -4.66. The minimum Gasteiger partial charge on any atom is -0.461 e. The number of aryl methyl sites for hydroxylation is 1. The summed E-state index contributed by atoms with van der Waals surface area (Å²) in [6.45, 7) is 3.14. The highest BCUT2D eigenvalue weighted by Gasteiger charge is 2.31. The second-order valence-corrected chi connectivity index (χ2v) is 7.01. The van der Waals surface area contributed by atoms with E-state index in [1.807, 2.05) is 13.0 Å². The van der Waals surface area contributed by atoms with Gasteiger partial charge in [0.1, 0.15) is 0 Å². The Kier molecular flexibility index (Phi) is 6.12. The smallest absolute Gasteiger partial charge is 0.461 e. The van der Waals surface area contributed by atoms with Crippen LogP contribution in [0.15, 0.2) is 41.2 Å². The largest absolute Gasteiger partial charge is 0.522 e. The maximum absolute atomic E-state index is 12.5. The fraction of sp³-hybridized carbons (Fsp3) is 0.381. The van der Waals surface area contributed by atoms with Gasteiger partial charge in [-0.1, -0.05) is 31.2 Å². The summed E-state index contributed by atoms with van der Waals surface area (Å²) in [5.41, 5.74) is 1.72. The maximum atomic E-state index is 12.5. The number of rotatable bonds is 5. The molecule has 30 heavy (non-hydrogen) atoms. The number of allylic oxidation sites excluding steroid dienone is 3. The number of benzene rings is 1. The van der Waals surface area contributed by atoms with E-state index in [0.29, 0.717) is 11.0 Å². The van der Waals surface area contributed by atoms with Gasteiger partial charge in [-0.15, -0.1) is 13.2 Å². The Morgan fingerprint density at radius 3 is 2.67 bits per heavy atom. The Bertz CT molecular complexity index is 1090. The Hall–Kier alpha value is -2.94. The van der Waals surface area contributed by atoms with E-state index in [0.717, 1.165) is 11.1 Å². The molecule has 2 aromatic rings. The van der Waals surface area contributed by atoms with E-state index in [4.69, 9.17) is 4.74 Å². The topological polar surface area (TPSA) is 70.4 Å². The van der Waals surface area contributed by atoms with Crippen LogP contribution in [0.2, 0.25) is 0 Å². The molecule has 0 spiro atoms. The van der Waals surface area contributed by atoms with Crippen molar-refractivity contribution in [3.05, 3.63) is 58.0 Å². The molecule has 0 fully saturated rings. The molecule has 0 saturated carbocycles. The lowest BCUT2D eigenvalue weighted by Gasteiger charge is -2.23. The highest BCUT2D eigenvalue weighted by atomic mass is 19.4. The molecule has 0 N–H and O–H groups in total. The van der Waals surface area contributed by atoms with Gasteiger partial charge < -0.3 is 9.30 Å². The monoisotopic (exact) mass is 422 g/mol. The molecule has 0 radical (unpaired) electrons. The number of carbonyl (C=O) groups is 1. The molecule has 0 saturated heterocycles. The van der Waals surface area contributed by atoms with Gasteiger partial charge in [0.15, 0.2) is 0 Å². The van der Waals surface area contributed by atoms with Crippen molar-refractivity contribution in [1.29, 1.82) is 0 Å². The predicted octanol–water partition coefficient (Wildman–Crippen LogP) is 3.85. The molecular formula is C21H21F3N2O4. The van der Waals surface area contributed by atoms with Crippen LogP contribution >= 0.6 is 0 Å². The second-order valence-electron chi connectivity index (χ2n) is 7.01. The molecule has 1 aromatic carbocycles. The van der Waals surface area contributed by atoms with Gasteiger partial charge in [0.05, 0.1) is 24.2 Å². The summed E-state index contributed by atoms with van der Waals surface area (Å²) in [5.74, 6) is -1.34. The molecule has 0 aliphatic heterocycles. The summed E-state index contributed by atoms with van der Waals surface area (Å²) in [7, 11) is 1.54. The molecule has 0 bridgehead atoms. The summed E-state index contributed by atoms with van der Waals surface area (Å²) in [6, 6.07) is 5.23. The van der Waals surface area contributed by atoms with Gasteiger partial charge in [-0.3, -0.25) is 9.53 Å². The molecule has 1 unspecified atom stereocenters. The quantitative estimate of drug-likeness (QED) is 0.685. The lowest BCUT2D eigenvalue weighted by molar-refractivity contribution is -0.327. The molecule has 1 aliphatic rings. The van der Waals surface area contributed by atoms with Gasteiger partial charge >= 0.3 is 12.3 Å². The highest BCUT2D eigenvalue weighted by molar-refractivity contribution is 5.90. The van der Waals surface area contributed by atoms with Gasteiger partial charge in [0.25, 0.3) is 5.56 Å². The van der Waals surface area contributed by atoms with E-state index >= 15 is 0 Å². The number of hydrogen-bond donors (Lipinski definition) is 0. The van der Waals surface area contributed by atoms with Crippen LogP contribution in [-0.2, 0) is 16.5 Å². The first kappa shape index (κ1) is 21.8. The van der Waals surface area contributed by atoms with Gasteiger partial charge in [0, 0.05) is 13.0 Å². The minimum absolute atomic E-state index is 0.133. The van der Waals surface area contributed by atoms with Crippen LogP contribution in [0.1, 0.15) is 29.9 Å². The number of fused-ring (bicyclic) bond motifs is 1. The van der Waals surface area contributed by atoms with Crippen molar-refractivity contribution in [1.82, 2.24) is 9.55 Å². The number of halogens is 3. The number of ether oxygens (including phenoxy) is 2. The average Bonchev–Trinajstić information content (AvgIpc) is 2.69. The van der Waals surface area contributed by atoms with E-state index in [1.165, 1.54) is 11.6 Å². The summed E-state index contributed by atoms with van der Waals surface area (Å²) in [6.07, 6.45) is 0.640. The molecule has 0 amide bonds. The Morgan fingerprint density at radius 2 is 2.03 bits per heavy atom. The van der Waals surface area contributed by atoms with E-state index in [2.05, 4.69) is 9.72 Å². The molecule has 1 aromatic heterocycles. The third-order valence-corrected chi connectivity index (χ3v) is 4.96. The van der Waals surface area contributed by atoms with Crippen molar-refractivity contribution >= 4 is 22.6 Å². The standard InChI is InChI=1S/C21H21F3N2O4/c1-4-29-20(28)18-19(27)26(3)17-10-14(7-8-16(17)25-18)13-5-6-15(12(2)9-13)11-30-21(22,23)24/h5-10,12,15H,4,11H2,1-3H3/t12-,15?/m1/s1. The first-order valence-corrected chi connectivity index (χ1v) is 9.39. The zero-order valence-electron chi connectivity index (χ0n) is 16.7. The highest BCUT2D eigenvalue weighted by Crippen LogP contribution is 2.31. The van der Waals surface area contributed by atoms with Gasteiger partial charge in [-0.25, -0.2) is 9.78 Å². The van der Waals surface area contributed by atoms with Crippen molar-refractivity contribution < 1.29 is 27.4 Å². The third-order valence-electron chi connectivity index (χ3n) is 4.96. The first-order valence-electron chi connectivity index (χ1n) is 9.39. The van der Waals surface area contributed by atoms with Crippen LogP contribution in [0, 0.1) is 11.8 Å². The van der Waals surface area contributed by atoms with E-state index in [-0.39, 0.29) is 18.2 Å². The summed E-state index contributed by atoms with van der Waals surface area (Å²) >= 11 is 0. The number of esters is 1. The zero-order chi connectivity index (χ0) is 22.1. The summed E-state index contributed by atoms with van der Waals surface area (Å²) in [5, 5.41) is 0. The zero-order valence-corrected chi connectivity index (χ0v) is 16.7. The molecule has 9 heteroatoms. The van der Waals surface area contributed by atoms with Crippen LogP contribution in [-0.4, -0.2) is 35.1 Å². The molecule has 3 rings (SSSR count). The second kappa shape index (κ2) is 8.43. The van der Waals surface area contributed by atoms with Crippen LogP contribution < -0.4 is 5.56 Å². The van der Waals surface area contributed by atoms with Crippen molar-refractivity contribution in [2.45, 2.75) is 20.2 Å². The molecule has 160 valence electrons. The maximum Gasteiger partial charge on any atom is 0.522 e. The number of hydrogen-bond acceptors (Lipinski definition) is 5. The molecular weight excluding hydrogens is 401 g/mol. The van der Waals surface area contributed by atoms with Crippen molar-refractivity contribution in [2.24, 2.45) is 18.9 Å². The van der Waals surface area contributed by atoms with Gasteiger partial charge in [-0.2, -0.15) is 0 Å². The number of carbonyl (C=O) groups excluding carboxylic acids is 1. The van der Waals surface area contributed by atoms with Crippen molar-refractivity contribution in [2.75, 3.05) is 13.2 Å². The number of aromatic nitrogens is 2. The van der Waals surface area contributed by atoms with Crippen LogP contribution in [0.4, 0.5) is 13.2 Å². The van der Waals surface area contributed by atoms with Crippen molar-refractivity contribution in [3.63, 3.8) is 0 Å². The van der Waals surface area contributed by atoms with E-state index in [1.54, 1.807) is 37.3 Å². The Labute approximate surface area is 170 Å². The normalized spacial score (nSPS) is 19.1. The summed E-state index contributed by atoms with van der Waals surface area (Å²) < 4.78 is 47.0. The molecule has 6 nitrogen and oxygen atoms in total. The molecule has 2 atom stereocenters. The average molecular weight is 422 g/mol. The fourth-order valence-corrected chi connectivity index (χ4v) is 3.29. The summed E-state index contributed by atoms with van der Waals surface area (Å²) in [4.78, 5) is 28.6. The first-order chi connectivity index (χ1) is 14.1. The number of alkyl halides is 3. The predicted molar refractivity (Wildman–Crippen MR) is 105 cm³/mol. The molecule has 1 heterocycles. The van der Waals surface area contributed by atoms with Crippen LogP contribution in [0.25, 0.3) is 16.6 Å². The van der Waals surface area contributed by atoms with E-state index < -0.39 is 30.4 Å². The number of nitrogens with zero attached hydrogens (tertiary/aromatic N) is 2. The Balaban J connectivity index is 1.90. The van der Waals surface area contributed by atoms with Crippen LogP contribution in [0.5, 0.6) is 0 Å². The SMILES string of the molecule is CCOC(=O)c1nc2ccc(C3=C[C@@H](C)C(COC(F)(F)F)C=C3)cc2n(C)c1=O. The van der Waals surface area contributed by atoms with Gasteiger partial charge in [-0.05, 0) is 36.1 Å². The van der Waals surface area contributed by atoms with Crippen molar-refractivity contribution in [3.8, 4) is 0 Å². The molecule has 1 aliphatic carbocycles. The Morgan fingerprint density at radius 1 is 1.30 bits per heavy atom. The third kappa shape index (κ3) is 4.62. The van der Waals surface area contributed by atoms with Crippen LogP contribution in [0.3, 0.4) is 0 Å². The lowest BCUT2D eigenvalue weighted by atomic mass is 9.85. The lowest BCUT2D eigenvalue weighted by Crippen LogP contribution is -2.27. The van der Waals surface area contributed by atoms with E-state index in [9.17, 15) is 22.8 Å². The van der Waals surface area contributed by atoms with Gasteiger partial charge in [0.2, 0.25) is 5.69 Å². The fourth-order valence-electron chi connectivity index (χ4n) is 3.29.